The van der Waals surface area contributed by atoms with E-state index in [1.54, 1.807) is 12.5 Å². The summed E-state index contributed by atoms with van der Waals surface area (Å²) in [7, 11) is 0. The van der Waals surface area contributed by atoms with Crippen molar-refractivity contribution in [1.29, 1.82) is 0 Å². The van der Waals surface area contributed by atoms with Crippen molar-refractivity contribution in [2.45, 2.75) is 6.92 Å². The average molecular weight is 342 g/mol. The van der Waals surface area contributed by atoms with Gasteiger partial charge in [-0.15, -0.1) is 0 Å². The van der Waals surface area contributed by atoms with Gasteiger partial charge in [0.15, 0.2) is 17.1 Å². The molecule has 26 heavy (non-hydrogen) atoms. The van der Waals surface area contributed by atoms with Crippen LogP contribution < -0.4 is 5.32 Å². The first-order valence-electron chi connectivity index (χ1n) is 8.11. The fourth-order valence-corrected chi connectivity index (χ4v) is 2.96. The number of benzene rings is 1. The Morgan fingerprint density at radius 2 is 1.92 bits per heavy atom. The highest BCUT2D eigenvalue weighted by molar-refractivity contribution is 5.87. The van der Waals surface area contributed by atoms with Crippen molar-refractivity contribution in [2.24, 2.45) is 0 Å². The van der Waals surface area contributed by atoms with Gasteiger partial charge in [-0.2, -0.15) is 5.10 Å². The summed E-state index contributed by atoms with van der Waals surface area (Å²) in [6, 6.07) is 12.0. The molecule has 4 aromatic heterocycles. The van der Waals surface area contributed by atoms with Gasteiger partial charge in [0, 0.05) is 5.39 Å². The number of hydrogen-bond donors (Lipinski definition) is 2. The first-order chi connectivity index (χ1) is 12.8. The van der Waals surface area contributed by atoms with Crippen LogP contribution >= 0.6 is 0 Å². The maximum absolute atomic E-state index is 4.63. The molecule has 5 rings (SSSR count). The molecule has 5 aromatic rings. The summed E-state index contributed by atoms with van der Waals surface area (Å²) in [5, 5.41) is 8.89. The molecule has 0 atom stereocenters. The van der Waals surface area contributed by atoms with Crippen LogP contribution in [-0.2, 0) is 0 Å². The van der Waals surface area contributed by atoms with E-state index in [-0.39, 0.29) is 0 Å². The monoisotopic (exact) mass is 342 g/mol. The molecule has 0 aliphatic rings. The zero-order chi connectivity index (χ0) is 17.5. The summed E-state index contributed by atoms with van der Waals surface area (Å²) < 4.78 is 1.85. The van der Waals surface area contributed by atoms with Gasteiger partial charge in [-0.25, -0.2) is 24.6 Å². The Balaban J connectivity index is 1.59. The number of para-hydroxylation sites is 1. The fourth-order valence-electron chi connectivity index (χ4n) is 2.96. The maximum atomic E-state index is 4.63. The molecule has 0 spiro atoms. The molecule has 0 radical (unpaired) electrons. The van der Waals surface area contributed by atoms with Gasteiger partial charge in [0.1, 0.15) is 11.8 Å². The van der Waals surface area contributed by atoms with Crippen LogP contribution in [0.2, 0.25) is 0 Å². The Kier molecular flexibility index (Phi) is 3.14. The van der Waals surface area contributed by atoms with Crippen molar-refractivity contribution < 1.29 is 0 Å². The van der Waals surface area contributed by atoms with E-state index in [1.807, 2.05) is 48.0 Å². The van der Waals surface area contributed by atoms with E-state index in [2.05, 4.69) is 35.3 Å². The topological polar surface area (TPSA) is 97.2 Å². The van der Waals surface area contributed by atoms with E-state index in [9.17, 15) is 0 Å². The van der Waals surface area contributed by atoms with Gasteiger partial charge in [0.25, 0.3) is 0 Å². The maximum Gasteiger partial charge on any atom is 0.182 e. The Labute approximate surface area is 148 Å². The van der Waals surface area contributed by atoms with Crippen molar-refractivity contribution in [1.82, 2.24) is 34.7 Å². The fraction of sp³-hybridized carbons (Fsp3) is 0.0556. The van der Waals surface area contributed by atoms with Crippen molar-refractivity contribution in [3.63, 3.8) is 0 Å². The normalized spacial score (nSPS) is 11.3. The number of aromatic nitrogens is 7. The highest BCUT2D eigenvalue weighted by Crippen LogP contribution is 2.25. The zero-order valence-corrected chi connectivity index (χ0v) is 13.9. The van der Waals surface area contributed by atoms with Crippen LogP contribution in [0.4, 0.5) is 11.5 Å². The molecule has 0 aliphatic heterocycles. The van der Waals surface area contributed by atoms with E-state index in [0.29, 0.717) is 11.5 Å². The molecule has 0 unspecified atom stereocenters. The highest BCUT2D eigenvalue weighted by atomic mass is 15.3. The molecular formula is C18H14N8. The predicted molar refractivity (Wildman–Crippen MR) is 98.6 cm³/mol. The lowest BCUT2D eigenvalue weighted by molar-refractivity contribution is 0.878. The van der Waals surface area contributed by atoms with Gasteiger partial charge in [-0.05, 0) is 25.1 Å². The molecule has 0 aliphatic carbocycles. The predicted octanol–water partition coefficient (Wildman–Crippen LogP) is 3.14. The molecule has 2 N–H and O–H groups in total. The summed E-state index contributed by atoms with van der Waals surface area (Å²) in [6.07, 6.45) is 4.85. The molecular weight excluding hydrogens is 328 g/mol. The van der Waals surface area contributed by atoms with Gasteiger partial charge in [0.05, 0.1) is 29.6 Å². The van der Waals surface area contributed by atoms with Gasteiger partial charge < -0.3 is 10.3 Å². The minimum atomic E-state index is 0.615. The highest BCUT2D eigenvalue weighted by Gasteiger charge is 2.12. The van der Waals surface area contributed by atoms with Crippen LogP contribution in [0.3, 0.4) is 0 Å². The summed E-state index contributed by atoms with van der Waals surface area (Å²) >= 11 is 0. The summed E-state index contributed by atoms with van der Waals surface area (Å²) in [4.78, 5) is 20.2. The summed E-state index contributed by atoms with van der Waals surface area (Å²) in [5.41, 5.74) is 4.90. The van der Waals surface area contributed by atoms with E-state index in [1.165, 1.54) is 6.33 Å². The van der Waals surface area contributed by atoms with Crippen LogP contribution in [0, 0.1) is 6.92 Å². The number of fused-ring (bicyclic) bond motifs is 2. The van der Waals surface area contributed by atoms with Gasteiger partial charge in [0.2, 0.25) is 0 Å². The number of pyridine rings is 1. The van der Waals surface area contributed by atoms with Crippen molar-refractivity contribution in [2.75, 3.05) is 5.32 Å². The number of H-pyrrole nitrogens is 1. The Bertz CT molecular complexity index is 1220. The van der Waals surface area contributed by atoms with Crippen LogP contribution in [0.5, 0.6) is 0 Å². The molecule has 126 valence electrons. The largest absolute Gasteiger partial charge is 0.340 e. The molecule has 4 heterocycles. The average Bonchev–Trinajstić information content (AvgIpc) is 3.28. The Morgan fingerprint density at radius 3 is 2.81 bits per heavy atom. The number of hydrogen-bond acceptors (Lipinski definition) is 6. The number of aromatic amines is 1. The Hall–Kier alpha value is -3.81. The smallest absolute Gasteiger partial charge is 0.182 e. The zero-order valence-electron chi connectivity index (χ0n) is 13.9. The lowest BCUT2D eigenvalue weighted by Gasteiger charge is -2.06. The second-order valence-corrected chi connectivity index (χ2v) is 5.88. The van der Waals surface area contributed by atoms with Crippen LogP contribution in [0.15, 0.2) is 55.2 Å². The van der Waals surface area contributed by atoms with Crippen molar-refractivity contribution in [3.05, 3.63) is 60.9 Å². The van der Waals surface area contributed by atoms with Crippen LogP contribution in [0.1, 0.15) is 5.69 Å². The number of anilines is 2. The first kappa shape index (κ1) is 14.5. The van der Waals surface area contributed by atoms with E-state index < -0.39 is 0 Å². The lowest BCUT2D eigenvalue weighted by atomic mass is 10.2. The first-order valence-corrected chi connectivity index (χ1v) is 8.11. The molecule has 0 bridgehead atoms. The molecule has 8 heteroatoms. The minimum absolute atomic E-state index is 0.615. The standard InChI is InChI=1S/C18H14N8/c1-11-14-7-12(24-17-15-16(21-9-20-15)22-10-23-17)8-19-18(14)26(25-11)13-5-3-2-4-6-13/h2-10H,1H3,(H2,20,21,22,23,24). The molecule has 0 saturated heterocycles. The third kappa shape index (κ3) is 2.27. The SMILES string of the molecule is Cc1nn(-c2ccccc2)c2ncc(Nc3ncnc4nc[nH]c34)cc12. The number of nitrogens with zero attached hydrogens (tertiary/aromatic N) is 6. The summed E-state index contributed by atoms with van der Waals surface area (Å²) in [5.74, 6) is 0.654. The lowest BCUT2D eigenvalue weighted by Crippen LogP contribution is -1.99. The molecule has 0 fully saturated rings. The molecule has 8 nitrogen and oxygen atoms in total. The Morgan fingerprint density at radius 1 is 1.04 bits per heavy atom. The minimum Gasteiger partial charge on any atom is -0.340 e. The molecule has 0 saturated carbocycles. The van der Waals surface area contributed by atoms with E-state index >= 15 is 0 Å². The van der Waals surface area contributed by atoms with Crippen molar-refractivity contribution in [3.8, 4) is 5.69 Å². The number of nitrogens with one attached hydrogen (secondary N) is 2. The van der Waals surface area contributed by atoms with Gasteiger partial charge in [-0.3, -0.25) is 0 Å². The second-order valence-electron chi connectivity index (χ2n) is 5.88. The second kappa shape index (κ2) is 5.62. The summed E-state index contributed by atoms with van der Waals surface area (Å²) in [6.45, 7) is 1.98. The number of rotatable bonds is 3. The molecule has 0 amide bonds. The molecule has 1 aromatic carbocycles. The number of imidazole rings is 1. The van der Waals surface area contributed by atoms with E-state index in [0.717, 1.165) is 33.6 Å². The van der Waals surface area contributed by atoms with Crippen LogP contribution in [0.25, 0.3) is 27.9 Å². The van der Waals surface area contributed by atoms with Gasteiger partial charge in [-0.1, -0.05) is 18.2 Å². The van der Waals surface area contributed by atoms with E-state index in [4.69, 9.17) is 0 Å². The van der Waals surface area contributed by atoms with Crippen molar-refractivity contribution >= 4 is 33.7 Å². The number of aryl methyl sites for hydroxylation is 1. The third-order valence-corrected chi connectivity index (χ3v) is 4.19. The van der Waals surface area contributed by atoms with Gasteiger partial charge >= 0.3 is 0 Å². The third-order valence-electron chi connectivity index (χ3n) is 4.19. The van der Waals surface area contributed by atoms with Crippen LogP contribution in [-0.4, -0.2) is 34.7 Å². The quantitative estimate of drug-likeness (QED) is 0.523.